The second-order valence-corrected chi connectivity index (χ2v) is 5.75. The highest BCUT2D eigenvalue weighted by Gasteiger charge is 2.14. The van der Waals surface area contributed by atoms with Crippen molar-refractivity contribution in [1.29, 1.82) is 0 Å². The van der Waals surface area contributed by atoms with Crippen LogP contribution in [-0.4, -0.2) is 32.1 Å². The average Bonchev–Trinajstić information content (AvgIpc) is 2.55. The van der Waals surface area contributed by atoms with Gasteiger partial charge in [0.25, 0.3) is 0 Å². The van der Waals surface area contributed by atoms with Gasteiger partial charge in [-0.1, -0.05) is 67.2 Å². The maximum absolute atomic E-state index is 6.13. The lowest BCUT2D eigenvalue weighted by Crippen LogP contribution is -2.19. The highest BCUT2D eigenvalue weighted by Crippen LogP contribution is 2.29. The molecule has 0 saturated carbocycles. The fourth-order valence-corrected chi connectivity index (χ4v) is 2.33. The van der Waals surface area contributed by atoms with Crippen molar-refractivity contribution in [3.63, 3.8) is 0 Å². The van der Waals surface area contributed by atoms with E-state index in [1.807, 2.05) is 24.3 Å². The number of ether oxygens (including phenoxy) is 1. The van der Waals surface area contributed by atoms with E-state index in [1.54, 1.807) is 0 Å². The molecule has 0 heterocycles. The predicted molar refractivity (Wildman–Crippen MR) is 93.8 cm³/mol. The van der Waals surface area contributed by atoms with Crippen molar-refractivity contribution in [1.82, 2.24) is 4.90 Å². The van der Waals surface area contributed by atoms with Crippen LogP contribution >= 0.6 is 0 Å². The monoisotopic (exact) mass is 295 g/mol. The molecule has 1 unspecified atom stereocenters. The molecule has 0 fully saturated rings. The molecule has 22 heavy (non-hydrogen) atoms. The van der Waals surface area contributed by atoms with Crippen LogP contribution in [0.1, 0.15) is 23.7 Å². The van der Waals surface area contributed by atoms with E-state index in [4.69, 9.17) is 4.74 Å². The van der Waals surface area contributed by atoms with Crippen molar-refractivity contribution in [2.75, 3.05) is 27.2 Å². The number of nitrogens with zero attached hydrogens (tertiary/aromatic N) is 1. The molecule has 0 aromatic heterocycles. The van der Waals surface area contributed by atoms with Crippen LogP contribution in [0.5, 0.6) is 0 Å². The summed E-state index contributed by atoms with van der Waals surface area (Å²) in [5, 5.41) is 0. The molecule has 2 nitrogen and oxygen atoms in total. The fraction of sp³-hybridized carbons (Fsp3) is 0.300. The van der Waals surface area contributed by atoms with E-state index in [0.717, 1.165) is 18.5 Å². The second kappa shape index (κ2) is 8.52. The molecule has 0 bridgehead atoms. The smallest absolute Gasteiger partial charge is 0.0865 e. The van der Waals surface area contributed by atoms with E-state index in [1.165, 1.54) is 11.1 Å². The summed E-state index contributed by atoms with van der Waals surface area (Å²) in [6.45, 7) is 5.88. The summed E-state index contributed by atoms with van der Waals surface area (Å²) in [7, 11) is 4.12. The third kappa shape index (κ3) is 5.14. The van der Waals surface area contributed by atoms with E-state index < -0.39 is 0 Å². The van der Waals surface area contributed by atoms with Crippen molar-refractivity contribution in [3.05, 3.63) is 78.4 Å². The van der Waals surface area contributed by atoms with E-state index in [9.17, 15) is 0 Å². The van der Waals surface area contributed by atoms with Crippen LogP contribution in [-0.2, 0) is 4.74 Å². The predicted octanol–water partition coefficient (Wildman–Crippen LogP) is 4.41. The van der Waals surface area contributed by atoms with Crippen molar-refractivity contribution < 1.29 is 4.74 Å². The topological polar surface area (TPSA) is 12.5 Å². The second-order valence-electron chi connectivity index (χ2n) is 5.75. The largest absolute Gasteiger partial charge is 0.372 e. The molecular weight excluding hydrogens is 270 g/mol. The zero-order chi connectivity index (χ0) is 15.8. The molecule has 1 atom stereocenters. The summed E-state index contributed by atoms with van der Waals surface area (Å²) in [4.78, 5) is 2.13. The zero-order valence-corrected chi connectivity index (χ0v) is 13.5. The zero-order valence-electron chi connectivity index (χ0n) is 13.5. The molecule has 2 rings (SSSR count). The lowest BCUT2D eigenvalue weighted by molar-refractivity contribution is 0.0468. The van der Waals surface area contributed by atoms with Crippen LogP contribution < -0.4 is 0 Å². The van der Waals surface area contributed by atoms with Gasteiger partial charge in [-0.3, -0.25) is 0 Å². The SMILES string of the molecule is C=C(CC(OCCN(C)C)c1ccccc1)c1ccccc1. The molecule has 0 N–H and O–H groups in total. The first-order valence-corrected chi connectivity index (χ1v) is 7.71. The minimum atomic E-state index is 0.0499. The molecular formula is C20H25NO. The molecule has 116 valence electrons. The Kier molecular flexibility index (Phi) is 6.38. The summed E-state index contributed by atoms with van der Waals surface area (Å²) in [5.41, 5.74) is 3.50. The van der Waals surface area contributed by atoms with Crippen LogP contribution in [0.15, 0.2) is 67.2 Å². The molecule has 0 aliphatic rings. The first kappa shape index (κ1) is 16.5. The first-order chi connectivity index (χ1) is 10.7. The highest BCUT2D eigenvalue weighted by molar-refractivity contribution is 5.63. The Balaban J connectivity index is 2.05. The maximum Gasteiger partial charge on any atom is 0.0865 e. The minimum absolute atomic E-state index is 0.0499. The van der Waals surface area contributed by atoms with Gasteiger partial charge in [-0.15, -0.1) is 0 Å². The van der Waals surface area contributed by atoms with Gasteiger partial charge in [0.2, 0.25) is 0 Å². The number of benzene rings is 2. The Bertz CT molecular complexity index is 563. The van der Waals surface area contributed by atoms with Crippen molar-refractivity contribution >= 4 is 5.57 Å². The van der Waals surface area contributed by atoms with Gasteiger partial charge in [0.15, 0.2) is 0 Å². The molecule has 2 aromatic rings. The number of hydrogen-bond acceptors (Lipinski definition) is 2. The van der Waals surface area contributed by atoms with Gasteiger partial charge >= 0.3 is 0 Å². The summed E-state index contributed by atoms with van der Waals surface area (Å²) in [5.74, 6) is 0. The van der Waals surface area contributed by atoms with Crippen LogP contribution in [0.25, 0.3) is 5.57 Å². The summed E-state index contributed by atoms with van der Waals surface area (Å²) in [6.07, 6.45) is 0.857. The van der Waals surface area contributed by atoms with Crippen molar-refractivity contribution in [3.8, 4) is 0 Å². The highest BCUT2D eigenvalue weighted by atomic mass is 16.5. The summed E-state index contributed by atoms with van der Waals surface area (Å²) >= 11 is 0. The van der Waals surface area contributed by atoms with E-state index in [2.05, 4.69) is 62.0 Å². The standard InChI is InChI=1S/C20H25NO/c1-17(18-10-6-4-7-11-18)16-20(22-15-14-21(2)3)19-12-8-5-9-13-19/h4-13,20H,1,14-16H2,2-3H3. The summed E-state index contributed by atoms with van der Waals surface area (Å²) < 4.78 is 6.13. The molecule has 2 aromatic carbocycles. The van der Waals surface area contributed by atoms with Crippen LogP contribution in [0.2, 0.25) is 0 Å². The van der Waals surface area contributed by atoms with Gasteiger partial charge in [0.05, 0.1) is 12.7 Å². The van der Waals surface area contributed by atoms with Gasteiger partial charge < -0.3 is 9.64 Å². The fourth-order valence-electron chi connectivity index (χ4n) is 2.33. The maximum atomic E-state index is 6.13. The Morgan fingerprint density at radius 3 is 2.18 bits per heavy atom. The Morgan fingerprint density at radius 1 is 1.00 bits per heavy atom. The molecule has 0 amide bonds. The third-order valence-corrected chi connectivity index (χ3v) is 3.64. The lowest BCUT2D eigenvalue weighted by atomic mass is 9.97. The van der Waals surface area contributed by atoms with Crippen LogP contribution in [0, 0.1) is 0 Å². The van der Waals surface area contributed by atoms with Crippen LogP contribution in [0.3, 0.4) is 0 Å². The van der Waals surface area contributed by atoms with Crippen molar-refractivity contribution in [2.24, 2.45) is 0 Å². The first-order valence-electron chi connectivity index (χ1n) is 7.71. The number of hydrogen-bond donors (Lipinski definition) is 0. The molecule has 0 spiro atoms. The van der Waals surface area contributed by atoms with Gasteiger partial charge in [0, 0.05) is 13.0 Å². The molecule has 0 aliphatic heterocycles. The molecule has 2 heteroatoms. The number of rotatable bonds is 8. The molecule has 0 saturated heterocycles. The quantitative estimate of drug-likeness (QED) is 0.715. The minimum Gasteiger partial charge on any atom is -0.372 e. The van der Waals surface area contributed by atoms with E-state index in [-0.39, 0.29) is 6.10 Å². The van der Waals surface area contributed by atoms with Gasteiger partial charge in [-0.05, 0) is 30.8 Å². The molecule has 0 radical (unpaired) electrons. The Morgan fingerprint density at radius 2 is 1.59 bits per heavy atom. The van der Waals surface area contributed by atoms with Gasteiger partial charge in [-0.2, -0.15) is 0 Å². The third-order valence-electron chi connectivity index (χ3n) is 3.64. The van der Waals surface area contributed by atoms with Crippen LogP contribution in [0.4, 0.5) is 0 Å². The number of likely N-dealkylation sites (N-methyl/N-ethyl adjacent to an activating group) is 1. The molecule has 0 aliphatic carbocycles. The average molecular weight is 295 g/mol. The Labute approximate surface area is 134 Å². The lowest BCUT2D eigenvalue weighted by Gasteiger charge is -2.21. The van der Waals surface area contributed by atoms with Gasteiger partial charge in [0.1, 0.15) is 0 Å². The van der Waals surface area contributed by atoms with Crippen molar-refractivity contribution in [2.45, 2.75) is 12.5 Å². The summed E-state index contributed by atoms with van der Waals surface area (Å²) in [6, 6.07) is 20.7. The van der Waals surface area contributed by atoms with Gasteiger partial charge in [-0.25, -0.2) is 0 Å². The van der Waals surface area contributed by atoms with E-state index >= 15 is 0 Å². The van der Waals surface area contributed by atoms with E-state index in [0.29, 0.717) is 6.61 Å². The Hall–Kier alpha value is -1.90. The normalized spacial score (nSPS) is 12.3.